The van der Waals surface area contributed by atoms with Gasteiger partial charge in [0.15, 0.2) is 5.65 Å². The number of aryl methyl sites for hydroxylation is 1. The number of anilines is 1. The van der Waals surface area contributed by atoms with Gasteiger partial charge in [-0.15, -0.1) is 0 Å². The molecule has 4 rings (SSSR count). The lowest BCUT2D eigenvalue weighted by Gasteiger charge is -2.22. The summed E-state index contributed by atoms with van der Waals surface area (Å²) in [6.07, 6.45) is 5.81. The first-order valence-corrected chi connectivity index (χ1v) is 8.22. The van der Waals surface area contributed by atoms with E-state index in [0.29, 0.717) is 12.6 Å². The zero-order valence-electron chi connectivity index (χ0n) is 13.1. The summed E-state index contributed by atoms with van der Waals surface area (Å²) in [6.45, 7) is 2.63. The van der Waals surface area contributed by atoms with Crippen molar-refractivity contribution in [1.29, 1.82) is 0 Å². The average molecular weight is 301 g/mol. The lowest BCUT2D eigenvalue weighted by atomic mass is 9.96. The Balaban J connectivity index is 1.81. The Hall–Kier alpha value is -1.66. The summed E-state index contributed by atoms with van der Waals surface area (Å²) in [5, 5.41) is 11.8. The second-order valence-corrected chi connectivity index (χ2v) is 6.27. The van der Waals surface area contributed by atoms with E-state index in [-0.39, 0.29) is 0 Å². The van der Waals surface area contributed by atoms with Crippen molar-refractivity contribution < 1.29 is 4.74 Å². The zero-order valence-corrected chi connectivity index (χ0v) is 13.1. The molecule has 0 amide bonds. The molecule has 6 heteroatoms. The molecule has 118 valence electrons. The first-order chi connectivity index (χ1) is 10.8. The lowest BCUT2D eigenvalue weighted by Crippen LogP contribution is -2.26. The van der Waals surface area contributed by atoms with E-state index in [1.165, 1.54) is 24.1 Å². The Morgan fingerprint density at radius 2 is 2.32 bits per heavy atom. The number of hydrogen-bond donors (Lipinski definition) is 2. The lowest BCUT2D eigenvalue weighted by molar-refractivity contribution is 0.181. The molecule has 0 aromatic carbocycles. The van der Waals surface area contributed by atoms with Crippen molar-refractivity contribution in [3.8, 4) is 0 Å². The topological polar surface area (TPSA) is 63.5 Å². The summed E-state index contributed by atoms with van der Waals surface area (Å²) in [6, 6.07) is 2.52. The van der Waals surface area contributed by atoms with Crippen molar-refractivity contribution in [2.75, 3.05) is 25.5 Å². The third-order valence-electron chi connectivity index (χ3n) is 4.62. The van der Waals surface area contributed by atoms with E-state index in [9.17, 15) is 0 Å². The van der Waals surface area contributed by atoms with Gasteiger partial charge >= 0.3 is 0 Å². The quantitative estimate of drug-likeness (QED) is 0.896. The Morgan fingerprint density at radius 1 is 1.41 bits per heavy atom. The van der Waals surface area contributed by atoms with Gasteiger partial charge in [-0.05, 0) is 38.6 Å². The first-order valence-electron chi connectivity index (χ1n) is 8.22. The molecule has 2 aromatic rings. The summed E-state index contributed by atoms with van der Waals surface area (Å²) < 4.78 is 7.21. The molecule has 0 saturated carbocycles. The van der Waals surface area contributed by atoms with Gasteiger partial charge in [-0.1, -0.05) is 0 Å². The molecule has 1 atom stereocenters. The van der Waals surface area contributed by atoms with E-state index in [1.54, 1.807) is 7.11 Å². The van der Waals surface area contributed by atoms with Crippen LogP contribution in [0, 0.1) is 0 Å². The van der Waals surface area contributed by atoms with Gasteiger partial charge in [0.2, 0.25) is 0 Å². The molecule has 3 heterocycles. The molecule has 2 aromatic heterocycles. The van der Waals surface area contributed by atoms with Crippen molar-refractivity contribution in [3.63, 3.8) is 0 Å². The monoisotopic (exact) mass is 301 g/mol. The third kappa shape index (κ3) is 2.46. The largest absolute Gasteiger partial charge is 0.378 e. The van der Waals surface area contributed by atoms with Crippen LogP contribution in [0.1, 0.15) is 36.2 Å². The third-order valence-corrected chi connectivity index (χ3v) is 4.62. The SMILES string of the molecule is COCc1cc2nc3c(c(NC4CCNC4)n2n1)CCCC3. The van der Waals surface area contributed by atoms with Gasteiger partial charge in [0.1, 0.15) is 5.82 Å². The average Bonchev–Trinajstić information content (AvgIpc) is 3.16. The molecule has 6 nitrogen and oxygen atoms in total. The minimum atomic E-state index is 0.478. The van der Waals surface area contributed by atoms with Gasteiger partial charge in [0.05, 0.1) is 12.3 Å². The van der Waals surface area contributed by atoms with Crippen LogP contribution >= 0.6 is 0 Å². The highest BCUT2D eigenvalue weighted by Crippen LogP contribution is 2.29. The number of fused-ring (bicyclic) bond motifs is 2. The van der Waals surface area contributed by atoms with Crippen molar-refractivity contribution >= 4 is 11.5 Å². The molecule has 0 radical (unpaired) electrons. The highest BCUT2D eigenvalue weighted by molar-refractivity contribution is 5.57. The van der Waals surface area contributed by atoms with Crippen molar-refractivity contribution in [1.82, 2.24) is 19.9 Å². The highest BCUT2D eigenvalue weighted by atomic mass is 16.5. The first kappa shape index (κ1) is 14.0. The fourth-order valence-electron chi connectivity index (χ4n) is 3.53. The summed E-state index contributed by atoms with van der Waals surface area (Å²) in [4.78, 5) is 4.84. The molecule has 1 aliphatic carbocycles. The van der Waals surface area contributed by atoms with Crippen molar-refractivity contribution in [3.05, 3.63) is 23.0 Å². The van der Waals surface area contributed by atoms with Crippen LogP contribution in [-0.4, -0.2) is 40.8 Å². The Bertz CT molecular complexity index is 675. The fourth-order valence-corrected chi connectivity index (χ4v) is 3.53. The molecule has 0 bridgehead atoms. The molecule has 1 fully saturated rings. The second-order valence-electron chi connectivity index (χ2n) is 6.27. The van der Waals surface area contributed by atoms with E-state index in [0.717, 1.165) is 49.5 Å². The molecule has 1 aliphatic heterocycles. The van der Waals surface area contributed by atoms with Crippen LogP contribution in [0.5, 0.6) is 0 Å². The summed E-state index contributed by atoms with van der Waals surface area (Å²) >= 11 is 0. The maximum atomic E-state index is 5.22. The Morgan fingerprint density at radius 3 is 3.14 bits per heavy atom. The fraction of sp³-hybridized carbons (Fsp3) is 0.625. The van der Waals surface area contributed by atoms with E-state index < -0.39 is 0 Å². The highest BCUT2D eigenvalue weighted by Gasteiger charge is 2.23. The van der Waals surface area contributed by atoms with Gasteiger partial charge in [0.25, 0.3) is 0 Å². The number of hydrogen-bond acceptors (Lipinski definition) is 5. The van der Waals surface area contributed by atoms with Gasteiger partial charge in [-0.3, -0.25) is 0 Å². The van der Waals surface area contributed by atoms with Crippen LogP contribution in [-0.2, 0) is 24.2 Å². The molecular formula is C16H23N5O. The van der Waals surface area contributed by atoms with Crippen LogP contribution in [0.15, 0.2) is 6.07 Å². The minimum absolute atomic E-state index is 0.478. The summed E-state index contributed by atoms with van der Waals surface area (Å²) in [5.41, 5.74) is 4.47. The van der Waals surface area contributed by atoms with Gasteiger partial charge in [-0.25, -0.2) is 4.98 Å². The Labute approximate surface area is 130 Å². The Kier molecular flexibility index (Phi) is 3.72. The van der Waals surface area contributed by atoms with Crippen LogP contribution < -0.4 is 10.6 Å². The number of methoxy groups -OCH3 is 1. The zero-order chi connectivity index (χ0) is 14.9. The molecular weight excluding hydrogens is 278 g/mol. The van der Waals surface area contributed by atoms with Crippen LogP contribution in [0.4, 0.5) is 5.82 Å². The van der Waals surface area contributed by atoms with E-state index in [4.69, 9.17) is 14.8 Å². The van der Waals surface area contributed by atoms with Crippen LogP contribution in [0.3, 0.4) is 0 Å². The normalized spacial score (nSPS) is 21.2. The maximum absolute atomic E-state index is 5.22. The van der Waals surface area contributed by atoms with Crippen LogP contribution in [0.2, 0.25) is 0 Å². The number of nitrogens with one attached hydrogen (secondary N) is 2. The maximum Gasteiger partial charge on any atom is 0.157 e. The predicted molar refractivity (Wildman–Crippen MR) is 85.2 cm³/mol. The summed E-state index contributed by atoms with van der Waals surface area (Å²) in [5.74, 6) is 1.15. The smallest absolute Gasteiger partial charge is 0.157 e. The van der Waals surface area contributed by atoms with Gasteiger partial charge < -0.3 is 15.4 Å². The molecule has 0 spiro atoms. The standard InChI is InChI=1S/C16H23N5O/c1-22-10-12-8-15-19-14-5-3-2-4-13(14)16(21(15)20-12)18-11-6-7-17-9-11/h8,11,17-18H,2-7,9-10H2,1H3. The minimum Gasteiger partial charge on any atom is -0.378 e. The van der Waals surface area contributed by atoms with Crippen molar-refractivity contribution in [2.24, 2.45) is 0 Å². The number of nitrogens with zero attached hydrogens (tertiary/aromatic N) is 3. The van der Waals surface area contributed by atoms with Crippen molar-refractivity contribution in [2.45, 2.75) is 44.8 Å². The van der Waals surface area contributed by atoms with Gasteiger partial charge in [0, 0.05) is 37.0 Å². The van der Waals surface area contributed by atoms with Crippen LogP contribution in [0.25, 0.3) is 5.65 Å². The molecule has 2 aliphatic rings. The second kappa shape index (κ2) is 5.85. The van der Waals surface area contributed by atoms with E-state index >= 15 is 0 Å². The van der Waals surface area contributed by atoms with E-state index in [1.807, 2.05) is 10.6 Å². The number of rotatable bonds is 4. The van der Waals surface area contributed by atoms with E-state index in [2.05, 4.69) is 10.6 Å². The molecule has 22 heavy (non-hydrogen) atoms. The predicted octanol–water partition coefficient (Wildman–Crippen LogP) is 1.53. The van der Waals surface area contributed by atoms with Gasteiger partial charge in [-0.2, -0.15) is 9.61 Å². The summed E-state index contributed by atoms with van der Waals surface area (Å²) in [7, 11) is 1.70. The molecule has 1 saturated heterocycles. The number of ether oxygens (including phenoxy) is 1. The molecule has 1 unspecified atom stereocenters. The number of aromatic nitrogens is 3. The molecule has 2 N–H and O–H groups in total.